The van der Waals surface area contributed by atoms with E-state index in [4.69, 9.17) is 15.6 Å². The number of hydrogen-bond donors (Lipinski definition) is 3. The Kier molecular flexibility index (Phi) is 4.89. The Bertz CT molecular complexity index is 272. The first-order valence-corrected chi connectivity index (χ1v) is 5.05. The van der Waals surface area contributed by atoms with Crippen molar-refractivity contribution in [1.29, 1.82) is 0 Å². The van der Waals surface area contributed by atoms with Gasteiger partial charge in [0.2, 0.25) is 5.54 Å². The maximum Gasteiger partial charge on any atom is 0.338 e. The number of carboxylic acids is 1. The summed E-state index contributed by atoms with van der Waals surface area (Å²) in [5.74, 6) is -2.10. The van der Waals surface area contributed by atoms with Gasteiger partial charge in [-0.05, 0) is 40.8 Å². The highest BCUT2D eigenvalue weighted by Gasteiger charge is 2.47. The molecule has 1 unspecified atom stereocenters. The average molecular weight is 232 g/mol. The summed E-state index contributed by atoms with van der Waals surface area (Å²) in [5, 5.41) is 11.6. The number of ether oxygens (including phenoxy) is 1. The quantitative estimate of drug-likeness (QED) is 0.445. The molecule has 0 rings (SSSR count). The Hall–Kier alpha value is -1.14. The second-order valence-electron chi connectivity index (χ2n) is 4.50. The Labute approximate surface area is 95.1 Å². The van der Waals surface area contributed by atoms with Gasteiger partial charge in [-0.3, -0.25) is 5.32 Å². The van der Waals surface area contributed by atoms with Crippen LogP contribution in [0.4, 0.5) is 0 Å². The zero-order valence-corrected chi connectivity index (χ0v) is 10.2. The zero-order chi connectivity index (χ0) is 13.0. The molecule has 6 heteroatoms. The molecule has 4 N–H and O–H groups in total. The van der Waals surface area contributed by atoms with Crippen LogP contribution in [0.25, 0.3) is 0 Å². The second-order valence-corrected chi connectivity index (χ2v) is 4.50. The summed E-state index contributed by atoms with van der Waals surface area (Å²) < 4.78 is 5.07. The van der Waals surface area contributed by atoms with Crippen LogP contribution in [-0.2, 0) is 14.3 Å². The van der Waals surface area contributed by atoms with E-state index in [0.29, 0.717) is 0 Å². The first kappa shape index (κ1) is 14.9. The van der Waals surface area contributed by atoms with Gasteiger partial charge in [-0.15, -0.1) is 0 Å². The van der Waals surface area contributed by atoms with Crippen LogP contribution in [0.5, 0.6) is 0 Å². The third-order valence-electron chi connectivity index (χ3n) is 2.06. The third-order valence-corrected chi connectivity index (χ3v) is 2.06. The highest BCUT2D eigenvalue weighted by atomic mass is 16.6. The lowest BCUT2D eigenvalue weighted by atomic mass is 9.95. The Balaban J connectivity index is 5.03. The SMILES string of the molecule is CNC(CCN)(C(=O)O)C(=O)OC(C)(C)C. The van der Waals surface area contributed by atoms with E-state index in [1.54, 1.807) is 20.8 Å². The van der Waals surface area contributed by atoms with Gasteiger partial charge in [0.25, 0.3) is 0 Å². The van der Waals surface area contributed by atoms with Gasteiger partial charge in [0.15, 0.2) is 0 Å². The number of nitrogens with two attached hydrogens (primary N) is 1. The van der Waals surface area contributed by atoms with Gasteiger partial charge in [0, 0.05) is 0 Å². The van der Waals surface area contributed by atoms with E-state index in [-0.39, 0.29) is 13.0 Å². The average Bonchev–Trinajstić information content (AvgIpc) is 2.10. The zero-order valence-electron chi connectivity index (χ0n) is 10.2. The molecule has 0 radical (unpaired) electrons. The molecule has 94 valence electrons. The summed E-state index contributed by atoms with van der Waals surface area (Å²) in [7, 11) is 1.40. The van der Waals surface area contributed by atoms with Crippen LogP contribution in [0, 0.1) is 0 Å². The van der Waals surface area contributed by atoms with Crippen molar-refractivity contribution in [3.8, 4) is 0 Å². The monoisotopic (exact) mass is 232 g/mol. The molecule has 0 spiro atoms. The van der Waals surface area contributed by atoms with Crippen molar-refractivity contribution in [2.75, 3.05) is 13.6 Å². The number of hydrogen-bond acceptors (Lipinski definition) is 5. The van der Waals surface area contributed by atoms with Crippen molar-refractivity contribution in [1.82, 2.24) is 5.32 Å². The molecule has 0 bridgehead atoms. The van der Waals surface area contributed by atoms with Crippen molar-refractivity contribution in [3.63, 3.8) is 0 Å². The van der Waals surface area contributed by atoms with Crippen LogP contribution in [0.15, 0.2) is 0 Å². The van der Waals surface area contributed by atoms with E-state index in [0.717, 1.165) is 0 Å². The minimum absolute atomic E-state index is 0.0201. The van der Waals surface area contributed by atoms with Crippen molar-refractivity contribution in [2.24, 2.45) is 5.73 Å². The molecule has 0 aromatic heterocycles. The second kappa shape index (κ2) is 5.27. The topological polar surface area (TPSA) is 102 Å². The van der Waals surface area contributed by atoms with Crippen molar-refractivity contribution in [3.05, 3.63) is 0 Å². The number of esters is 1. The number of likely N-dealkylation sites (N-methyl/N-ethyl adjacent to an activating group) is 1. The normalized spacial score (nSPS) is 15.3. The standard InChI is InChI=1S/C10H20N2O4/c1-9(2,3)16-8(15)10(12-4,5-6-11)7(13)14/h12H,5-6,11H2,1-4H3,(H,13,14). The first-order valence-electron chi connectivity index (χ1n) is 5.05. The molecule has 16 heavy (non-hydrogen) atoms. The Morgan fingerprint density at radius 2 is 1.88 bits per heavy atom. The highest BCUT2D eigenvalue weighted by Crippen LogP contribution is 2.17. The maximum atomic E-state index is 11.8. The molecule has 0 aliphatic rings. The van der Waals surface area contributed by atoms with E-state index < -0.39 is 23.1 Å². The van der Waals surface area contributed by atoms with Crippen molar-refractivity contribution >= 4 is 11.9 Å². The minimum Gasteiger partial charge on any atom is -0.479 e. The molecule has 0 aliphatic heterocycles. The number of nitrogens with one attached hydrogen (secondary N) is 1. The van der Waals surface area contributed by atoms with Gasteiger partial charge in [-0.1, -0.05) is 0 Å². The van der Waals surface area contributed by atoms with Gasteiger partial charge < -0.3 is 15.6 Å². The summed E-state index contributed by atoms with van der Waals surface area (Å²) in [6.45, 7) is 5.10. The lowest BCUT2D eigenvalue weighted by Gasteiger charge is -2.30. The fourth-order valence-electron chi connectivity index (χ4n) is 1.21. The highest BCUT2D eigenvalue weighted by molar-refractivity contribution is 6.04. The summed E-state index contributed by atoms with van der Waals surface area (Å²) in [6, 6.07) is 0. The molecular weight excluding hydrogens is 212 g/mol. The molecule has 0 amide bonds. The van der Waals surface area contributed by atoms with Gasteiger partial charge in [-0.25, -0.2) is 9.59 Å². The number of rotatable bonds is 5. The van der Waals surface area contributed by atoms with E-state index in [1.165, 1.54) is 7.05 Å². The molecule has 0 heterocycles. The lowest BCUT2D eigenvalue weighted by Crippen LogP contribution is -2.59. The Morgan fingerprint density at radius 1 is 1.38 bits per heavy atom. The van der Waals surface area contributed by atoms with Crippen LogP contribution in [0.2, 0.25) is 0 Å². The van der Waals surface area contributed by atoms with Crippen molar-refractivity contribution < 1.29 is 19.4 Å². The molecule has 0 saturated heterocycles. The van der Waals surface area contributed by atoms with Crippen LogP contribution in [0.1, 0.15) is 27.2 Å². The molecule has 0 fully saturated rings. The predicted molar refractivity (Wildman–Crippen MR) is 58.9 cm³/mol. The maximum absolute atomic E-state index is 11.8. The molecule has 0 aromatic carbocycles. The van der Waals surface area contributed by atoms with Crippen LogP contribution < -0.4 is 11.1 Å². The van der Waals surface area contributed by atoms with E-state index in [2.05, 4.69) is 5.32 Å². The minimum atomic E-state index is -1.76. The van der Waals surface area contributed by atoms with Crippen LogP contribution in [-0.4, -0.2) is 41.8 Å². The fourth-order valence-corrected chi connectivity index (χ4v) is 1.21. The molecule has 0 aromatic rings. The molecular formula is C10H20N2O4. The third kappa shape index (κ3) is 3.46. The smallest absolute Gasteiger partial charge is 0.338 e. The van der Waals surface area contributed by atoms with E-state index in [1.807, 2.05) is 0 Å². The number of carbonyl (C=O) groups is 2. The predicted octanol–water partition coefficient (Wildman–Crippen LogP) is -0.280. The lowest BCUT2D eigenvalue weighted by molar-refractivity contribution is -0.171. The number of aliphatic carboxylic acids is 1. The van der Waals surface area contributed by atoms with E-state index in [9.17, 15) is 9.59 Å². The van der Waals surface area contributed by atoms with Gasteiger partial charge in [-0.2, -0.15) is 0 Å². The summed E-state index contributed by atoms with van der Waals surface area (Å²) in [4.78, 5) is 23.0. The van der Waals surface area contributed by atoms with Gasteiger partial charge in [0.1, 0.15) is 5.60 Å². The largest absolute Gasteiger partial charge is 0.479 e. The van der Waals surface area contributed by atoms with Crippen molar-refractivity contribution in [2.45, 2.75) is 38.3 Å². The summed E-state index contributed by atoms with van der Waals surface area (Å²) in [5.41, 5.74) is 2.82. The number of carboxylic acid groups (broad SMARTS) is 1. The van der Waals surface area contributed by atoms with Crippen LogP contribution in [0.3, 0.4) is 0 Å². The molecule has 6 nitrogen and oxygen atoms in total. The molecule has 1 atom stereocenters. The Morgan fingerprint density at radius 3 is 2.12 bits per heavy atom. The van der Waals surface area contributed by atoms with Crippen LogP contribution >= 0.6 is 0 Å². The summed E-state index contributed by atoms with van der Waals surface area (Å²) >= 11 is 0. The fraction of sp³-hybridized carbons (Fsp3) is 0.800. The summed E-state index contributed by atoms with van der Waals surface area (Å²) in [6.07, 6.45) is -0.0201. The molecule has 0 aliphatic carbocycles. The van der Waals surface area contributed by atoms with Gasteiger partial charge in [0.05, 0.1) is 0 Å². The van der Waals surface area contributed by atoms with E-state index >= 15 is 0 Å². The molecule has 0 saturated carbocycles. The number of carbonyl (C=O) groups excluding carboxylic acids is 1. The van der Waals surface area contributed by atoms with Gasteiger partial charge >= 0.3 is 11.9 Å². The first-order chi connectivity index (χ1) is 7.19.